The van der Waals surface area contributed by atoms with Crippen molar-refractivity contribution < 1.29 is 9.21 Å². The average Bonchev–Trinajstić information content (AvgIpc) is 2.92. The Labute approximate surface area is 122 Å². The lowest BCUT2D eigenvalue weighted by atomic mass is 9.95. The maximum Gasteiger partial charge on any atom is 0.205 e. The third kappa shape index (κ3) is 2.23. The molecule has 0 aliphatic rings. The molecule has 0 saturated heterocycles. The quantitative estimate of drug-likeness (QED) is 0.628. The maximum absolute atomic E-state index is 12.5. The van der Waals surface area contributed by atoms with Crippen LogP contribution in [-0.4, -0.2) is 5.78 Å². The van der Waals surface area contributed by atoms with Crippen molar-refractivity contribution in [2.75, 3.05) is 0 Å². The zero-order valence-corrected chi connectivity index (χ0v) is 11.7. The molecule has 100 valence electrons. The zero-order valence-electron chi connectivity index (χ0n) is 11.0. The van der Waals surface area contributed by atoms with Crippen LogP contribution in [-0.2, 0) is 0 Å². The first-order chi connectivity index (χ1) is 9.66. The first-order valence-corrected chi connectivity index (χ1v) is 6.82. The lowest BCUT2D eigenvalue weighted by Gasteiger charge is -2.08. The van der Waals surface area contributed by atoms with Crippen LogP contribution in [0.5, 0.6) is 0 Å². The number of furan rings is 1. The van der Waals surface area contributed by atoms with E-state index in [0.717, 1.165) is 10.9 Å². The second-order valence-electron chi connectivity index (χ2n) is 4.77. The Morgan fingerprint density at radius 2 is 1.85 bits per heavy atom. The van der Waals surface area contributed by atoms with Crippen LogP contribution >= 0.6 is 11.6 Å². The molecule has 0 amide bonds. The number of para-hydroxylation sites is 1. The van der Waals surface area contributed by atoms with E-state index in [2.05, 4.69) is 0 Å². The smallest absolute Gasteiger partial charge is 0.205 e. The number of benzene rings is 2. The molecule has 20 heavy (non-hydrogen) atoms. The summed E-state index contributed by atoms with van der Waals surface area (Å²) in [6.45, 7) is 1.88. The molecular formula is C17H13ClO2. The Balaban J connectivity index is 1.99. The number of ketones is 1. The fraction of sp³-hybridized carbons (Fsp3) is 0.118. The fourth-order valence-electron chi connectivity index (χ4n) is 2.26. The van der Waals surface area contributed by atoms with Gasteiger partial charge in [-0.05, 0) is 17.7 Å². The summed E-state index contributed by atoms with van der Waals surface area (Å²) in [5.74, 6) is 0.0726. The van der Waals surface area contributed by atoms with E-state index in [9.17, 15) is 4.79 Å². The van der Waals surface area contributed by atoms with Crippen LogP contribution in [0.25, 0.3) is 11.0 Å². The highest BCUT2D eigenvalue weighted by Gasteiger charge is 2.21. The van der Waals surface area contributed by atoms with E-state index in [4.69, 9.17) is 16.0 Å². The zero-order chi connectivity index (χ0) is 14.1. The summed E-state index contributed by atoms with van der Waals surface area (Å²) in [5.41, 5.74) is 1.54. The van der Waals surface area contributed by atoms with Gasteiger partial charge in [0.2, 0.25) is 5.78 Å². The molecule has 0 aliphatic heterocycles. The predicted molar refractivity (Wildman–Crippen MR) is 80.4 cm³/mol. The van der Waals surface area contributed by atoms with Crippen molar-refractivity contribution in [2.24, 2.45) is 0 Å². The Morgan fingerprint density at radius 3 is 2.55 bits per heavy atom. The SMILES string of the molecule is CC(C(=O)c1cc2cccc(Cl)c2o1)c1ccccc1. The Hall–Kier alpha value is -2.06. The minimum Gasteiger partial charge on any atom is -0.451 e. The second-order valence-corrected chi connectivity index (χ2v) is 5.17. The number of rotatable bonds is 3. The van der Waals surface area contributed by atoms with Gasteiger partial charge < -0.3 is 4.42 Å². The van der Waals surface area contributed by atoms with Crippen molar-refractivity contribution >= 4 is 28.4 Å². The first kappa shape index (κ1) is 12.9. The molecule has 0 fully saturated rings. The summed E-state index contributed by atoms with van der Waals surface area (Å²) in [7, 11) is 0. The molecule has 1 aromatic heterocycles. The summed E-state index contributed by atoms with van der Waals surface area (Å²) in [5, 5.41) is 1.37. The summed E-state index contributed by atoms with van der Waals surface area (Å²) < 4.78 is 5.62. The van der Waals surface area contributed by atoms with E-state index in [1.807, 2.05) is 49.4 Å². The van der Waals surface area contributed by atoms with Crippen LogP contribution in [0.1, 0.15) is 29.0 Å². The third-order valence-corrected chi connectivity index (χ3v) is 3.73. The molecule has 0 bridgehead atoms. The van der Waals surface area contributed by atoms with Crippen LogP contribution in [0.3, 0.4) is 0 Å². The van der Waals surface area contributed by atoms with Gasteiger partial charge >= 0.3 is 0 Å². The highest BCUT2D eigenvalue weighted by molar-refractivity contribution is 6.34. The summed E-state index contributed by atoms with van der Waals surface area (Å²) >= 11 is 6.07. The number of fused-ring (bicyclic) bond motifs is 1. The van der Waals surface area contributed by atoms with Crippen LogP contribution in [0.4, 0.5) is 0 Å². The molecule has 0 radical (unpaired) electrons. The van der Waals surface area contributed by atoms with Crippen molar-refractivity contribution in [3.05, 3.63) is 70.9 Å². The first-order valence-electron chi connectivity index (χ1n) is 6.44. The topological polar surface area (TPSA) is 30.2 Å². The maximum atomic E-state index is 12.5. The lowest BCUT2D eigenvalue weighted by Crippen LogP contribution is -2.08. The molecule has 3 heteroatoms. The van der Waals surface area contributed by atoms with Crippen LogP contribution in [0, 0.1) is 0 Å². The molecule has 1 heterocycles. The van der Waals surface area contributed by atoms with Gasteiger partial charge in [0, 0.05) is 11.3 Å². The van der Waals surface area contributed by atoms with Crippen molar-refractivity contribution in [3.63, 3.8) is 0 Å². The van der Waals surface area contributed by atoms with Gasteiger partial charge in [-0.3, -0.25) is 4.79 Å². The molecule has 1 unspecified atom stereocenters. The number of carbonyl (C=O) groups is 1. The molecule has 2 nitrogen and oxygen atoms in total. The van der Waals surface area contributed by atoms with Crippen molar-refractivity contribution in [1.29, 1.82) is 0 Å². The van der Waals surface area contributed by atoms with E-state index in [1.54, 1.807) is 12.1 Å². The molecule has 3 rings (SSSR count). The number of halogens is 1. The number of hydrogen-bond donors (Lipinski definition) is 0. The van der Waals surface area contributed by atoms with E-state index in [0.29, 0.717) is 16.4 Å². The Kier molecular flexibility index (Phi) is 3.33. The van der Waals surface area contributed by atoms with Crippen LogP contribution in [0.15, 0.2) is 59.0 Å². The molecule has 0 N–H and O–H groups in total. The number of hydrogen-bond acceptors (Lipinski definition) is 2. The number of carbonyl (C=O) groups excluding carboxylic acids is 1. The second kappa shape index (κ2) is 5.14. The normalized spacial score (nSPS) is 12.5. The van der Waals surface area contributed by atoms with Gasteiger partial charge in [0.15, 0.2) is 11.3 Å². The minimum absolute atomic E-state index is 0.0385. The van der Waals surface area contributed by atoms with Gasteiger partial charge in [-0.2, -0.15) is 0 Å². The molecule has 0 spiro atoms. The monoisotopic (exact) mass is 284 g/mol. The van der Waals surface area contributed by atoms with E-state index >= 15 is 0 Å². The van der Waals surface area contributed by atoms with Crippen molar-refractivity contribution in [1.82, 2.24) is 0 Å². The fourth-order valence-corrected chi connectivity index (χ4v) is 2.48. The average molecular weight is 285 g/mol. The minimum atomic E-state index is -0.240. The number of Topliss-reactive ketones (excluding diaryl/α,β-unsaturated/α-hetero) is 1. The largest absolute Gasteiger partial charge is 0.451 e. The lowest BCUT2D eigenvalue weighted by molar-refractivity contribution is 0.0941. The summed E-state index contributed by atoms with van der Waals surface area (Å²) in [6, 6.07) is 16.9. The molecule has 1 atom stereocenters. The Bertz CT molecular complexity index is 759. The predicted octanol–water partition coefficient (Wildman–Crippen LogP) is 5.07. The Morgan fingerprint density at radius 1 is 1.10 bits per heavy atom. The van der Waals surface area contributed by atoms with Crippen LogP contribution < -0.4 is 0 Å². The summed E-state index contributed by atoms with van der Waals surface area (Å²) in [6.07, 6.45) is 0. The highest BCUT2D eigenvalue weighted by atomic mass is 35.5. The third-order valence-electron chi connectivity index (χ3n) is 3.43. The van der Waals surface area contributed by atoms with Crippen molar-refractivity contribution in [2.45, 2.75) is 12.8 Å². The molecule has 2 aromatic carbocycles. The van der Waals surface area contributed by atoms with Gasteiger partial charge in [0.25, 0.3) is 0 Å². The van der Waals surface area contributed by atoms with E-state index in [-0.39, 0.29) is 11.7 Å². The van der Waals surface area contributed by atoms with Crippen molar-refractivity contribution in [3.8, 4) is 0 Å². The van der Waals surface area contributed by atoms with Gasteiger partial charge in [-0.25, -0.2) is 0 Å². The van der Waals surface area contributed by atoms with Gasteiger partial charge in [0.1, 0.15) is 0 Å². The standard InChI is InChI=1S/C17H13ClO2/c1-11(12-6-3-2-4-7-12)16(19)15-10-13-8-5-9-14(18)17(13)20-15/h2-11H,1H3. The van der Waals surface area contributed by atoms with Gasteiger partial charge in [-0.1, -0.05) is 61.0 Å². The molecule has 0 aliphatic carbocycles. The van der Waals surface area contributed by atoms with Gasteiger partial charge in [-0.15, -0.1) is 0 Å². The molecule has 3 aromatic rings. The highest BCUT2D eigenvalue weighted by Crippen LogP contribution is 2.29. The van der Waals surface area contributed by atoms with Crippen LogP contribution in [0.2, 0.25) is 5.02 Å². The molecule has 0 saturated carbocycles. The van der Waals surface area contributed by atoms with E-state index in [1.165, 1.54) is 0 Å². The summed E-state index contributed by atoms with van der Waals surface area (Å²) in [4.78, 5) is 12.5. The van der Waals surface area contributed by atoms with Gasteiger partial charge in [0.05, 0.1) is 5.02 Å². The molecular weight excluding hydrogens is 272 g/mol. The van der Waals surface area contributed by atoms with E-state index < -0.39 is 0 Å².